The second-order valence-electron chi connectivity index (χ2n) is 10.9. The van der Waals surface area contributed by atoms with Crippen LogP contribution in [-0.4, -0.2) is 9.38 Å². The Labute approximate surface area is 258 Å². The predicted octanol–water partition coefficient (Wildman–Crippen LogP) is 11.3. The maximum Gasteiger partial charge on any atom is 0.137 e. The Morgan fingerprint density at radius 1 is 0.659 bits per heavy atom. The molecule has 0 atom stereocenters. The van der Waals surface area contributed by atoms with Crippen LogP contribution in [0.2, 0.25) is 0 Å². The summed E-state index contributed by atoms with van der Waals surface area (Å²) in [7, 11) is 0. The number of imidazole rings is 1. The molecule has 7 rings (SSSR count). The first-order chi connectivity index (χ1) is 21.7. The molecule has 0 aliphatic heterocycles. The molecular formula is C42H32N2. The quantitative estimate of drug-likeness (QED) is 0.176. The Kier molecular flexibility index (Phi) is 7.32. The van der Waals surface area contributed by atoms with E-state index in [2.05, 4.69) is 157 Å². The van der Waals surface area contributed by atoms with Gasteiger partial charge in [-0.15, -0.1) is 0 Å². The van der Waals surface area contributed by atoms with E-state index in [9.17, 15) is 0 Å². The van der Waals surface area contributed by atoms with Crippen molar-refractivity contribution in [2.24, 2.45) is 0 Å². The number of rotatable bonds is 7. The zero-order chi connectivity index (χ0) is 29.9. The van der Waals surface area contributed by atoms with Gasteiger partial charge in [-0.2, -0.15) is 0 Å². The first-order valence-electron chi connectivity index (χ1n) is 15.0. The first kappa shape index (κ1) is 27.1. The lowest BCUT2D eigenvalue weighted by atomic mass is 9.90. The molecule has 0 radical (unpaired) electrons. The molecule has 2 heterocycles. The van der Waals surface area contributed by atoms with Crippen LogP contribution in [0.25, 0.3) is 66.8 Å². The highest BCUT2D eigenvalue weighted by atomic mass is 15.0. The Morgan fingerprint density at radius 3 is 2.20 bits per heavy atom. The van der Waals surface area contributed by atoms with E-state index in [4.69, 9.17) is 4.98 Å². The van der Waals surface area contributed by atoms with E-state index in [1.807, 2.05) is 25.1 Å². The van der Waals surface area contributed by atoms with Crippen molar-refractivity contribution in [2.45, 2.75) is 6.92 Å². The molecule has 0 aliphatic rings. The highest BCUT2D eigenvalue weighted by molar-refractivity contribution is 5.98. The van der Waals surface area contributed by atoms with E-state index < -0.39 is 0 Å². The van der Waals surface area contributed by atoms with E-state index in [-0.39, 0.29) is 0 Å². The Balaban J connectivity index is 1.37. The summed E-state index contributed by atoms with van der Waals surface area (Å²) in [5.74, 6) is 0. The molecule has 0 saturated heterocycles. The summed E-state index contributed by atoms with van der Waals surface area (Å²) >= 11 is 0. The van der Waals surface area contributed by atoms with Crippen LogP contribution in [0.4, 0.5) is 0 Å². The second-order valence-corrected chi connectivity index (χ2v) is 10.9. The highest BCUT2D eigenvalue weighted by Crippen LogP contribution is 2.37. The molecule has 0 amide bonds. The molecule has 0 aliphatic carbocycles. The van der Waals surface area contributed by atoms with Gasteiger partial charge in [0.1, 0.15) is 5.65 Å². The van der Waals surface area contributed by atoms with Crippen molar-refractivity contribution in [3.05, 3.63) is 176 Å². The number of hydrogen-bond acceptors (Lipinski definition) is 1. The standard InChI is InChI=1S/C42H32N2/c1-3-13-30(14-4-2)35-27-36(29-37(28-35)39-20-12-18-32-15-8-9-19-38(32)39)31-22-24-33(25-23-31)41-42(34-16-6-5-7-17-34)44-26-11-10-21-40(44)43-41/h3-29H,1H2,2H3/b14-4-,30-13+. The summed E-state index contributed by atoms with van der Waals surface area (Å²) in [6, 6.07) is 47.5. The van der Waals surface area contributed by atoms with Gasteiger partial charge in [-0.3, -0.25) is 4.40 Å². The molecule has 2 nitrogen and oxygen atoms in total. The molecule has 2 heteroatoms. The number of hydrogen-bond donors (Lipinski definition) is 0. The fraction of sp³-hybridized carbons (Fsp3) is 0.0238. The molecule has 0 bridgehead atoms. The molecule has 0 spiro atoms. The maximum absolute atomic E-state index is 5.06. The topological polar surface area (TPSA) is 17.3 Å². The zero-order valence-electron chi connectivity index (χ0n) is 24.7. The minimum atomic E-state index is 0.934. The van der Waals surface area contributed by atoms with Crippen molar-refractivity contribution in [3.8, 4) is 44.8 Å². The molecule has 0 saturated carbocycles. The molecule has 44 heavy (non-hydrogen) atoms. The number of fused-ring (bicyclic) bond motifs is 2. The summed E-state index contributed by atoms with van der Waals surface area (Å²) in [5.41, 5.74) is 12.2. The van der Waals surface area contributed by atoms with Gasteiger partial charge in [0.15, 0.2) is 0 Å². The van der Waals surface area contributed by atoms with Crippen LogP contribution in [0.1, 0.15) is 12.5 Å². The third-order valence-electron chi connectivity index (χ3n) is 8.08. The molecule has 5 aromatic carbocycles. The molecule has 2 aromatic heterocycles. The predicted molar refractivity (Wildman–Crippen MR) is 187 cm³/mol. The van der Waals surface area contributed by atoms with Gasteiger partial charge in [-0.05, 0) is 81.4 Å². The largest absolute Gasteiger partial charge is 0.299 e. The van der Waals surface area contributed by atoms with Crippen LogP contribution in [0.5, 0.6) is 0 Å². The van der Waals surface area contributed by atoms with Gasteiger partial charge in [-0.1, -0.05) is 134 Å². The van der Waals surface area contributed by atoms with Crippen LogP contribution in [-0.2, 0) is 0 Å². The number of benzene rings is 5. The fourth-order valence-electron chi connectivity index (χ4n) is 6.04. The summed E-state index contributed by atoms with van der Waals surface area (Å²) in [5, 5.41) is 2.48. The smallest absolute Gasteiger partial charge is 0.137 e. The van der Waals surface area contributed by atoms with Crippen LogP contribution >= 0.6 is 0 Å². The van der Waals surface area contributed by atoms with E-state index >= 15 is 0 Å². The van der Waals surface area contributed by atoms with Gasteiger partial charge in [0.2, 0.25) is 0 Å². The molecule has 0 unspecified atom stereocenters. The number of aromatic nitrogens is 2. The summed E-state index contributed by atoms with van der Waals surface area (Å²) < 4.78 is 2.17. The maximum atomic E-state index is 5.06. The minimum absolute atomic E-state index is 0.934. The monoisotopic (exact) mass is 564 g/mol. The second kappa shape index (κ2) is 11.9. The van der Waals surface area contributed by atoms with Crippen molar-refractivity contribution in [1.82, 2.24) is 9.38 Å². The lowest BCUT2D eigenvalue weighted by molar-refractivity contribution is 1.19. The van der Waals surface area contributed by atoms with E-state index in [1.165, 1.54) is 21.9 Å². The number of pyridine rings is 1. The molecule has 0 N–H and O–H groups in total. The van der Waals surface area contributed by atoms with Crippen LogP contribution in [0.3, 0.4) is 0 Å². The average molecular weight is 565 g/mol. The van der Waals surface area contributed by atoms with Crippen molar-refractivity contribution in [3.63, 3.8) is 0 Å². The zero-order valence-corrected chi connectivity index (χ0v) is 24.7. The molecule has 7 aromatic rings. The Hall–Kier alpha value is -5.73. The number of nitrogens with zero attached hydrogens (tertiary/aromatic N) is 2. The van der Waals surface area contributed by atoms with Gasteiger partial charge >= 0.3 is 0 Å². The Morgan fingerprint density at radius 2 is 1.39 bits per heavy atom. The van der Waals surface area contributed by atoms with Gasteiger partial charge < -0.3 is 0 Å². The van der Waals surface area contributed by atoms with Crippen molar-refractivity contribution < 1.29 is 0 Å². The third kappa shape index (κ3) is 5.08. The highest BCUT2D eigenvalue weighted by Gasteiger charge is 2.16. The lowest BCUT2D eigenvalue weighted by Gasteiger charge is -2.14. The van der Waals surface area contributed by atoms with Gasteiger partial charge in [0, 0.05) is 17.3 Å². The average Bonchev–Trinajstić information content (AvgIpc) is 3.48. The van der Waals surface area contributed by atoms with Gasteiger partial charge in [0.05, 0.1) is 11.4 Å². The third-order valence-corrected chi connectivity index (χ3v) is 8.08. The van der Waals surface area contributed by atoms with E-state index in [0.29, 0.717) is 0 Å². The van der Waals surface area contributed by atoms with E-state index in [1.54, 1.807) is 0 Å². The van der Waals surface area contributed by atoms with Gasteiger partial charge in [-0.25, -0.2) is 4.98 Å². The van der Waals surface area contributed by atoms with Crippen LogP contribution < -0.4 is 0 Å². The molecular weight excluding hydrogens is 532 g/mol. The summed E-state index contributed by atoms with van der Waals surface area (Å²) in [6.07, 6.45) is 10.2. The normalized spacial score (nSPS) is 11.9. The minimum Gasteiger partial charge on any atom is -0.299 e. The lowest BCUT2D eigenvalue weighted by Crippen LogP contribution is -1.90. The van der Waals surface area contributed by atoms with Crippen molar-refractivity contribution >= 4 is 22.0 Å². The van der Waals surface area contributed by atoms with Crippen LogP contribution in [0, 0.1) is 0 Å². The SMILES string of the molecule is C=C/C=C(\C=C/C)c1cc(-c2ccc(-c3nc4ccccn4c3-c3ccccc3)cc2)cc(-c2cccc3ccccc23)c1. The summed E-state index contributed by atoms with van der Waals surface area (Å²) in [6.45, 7) is 6.03. The molecule has 210 valence electrons. The van der Waals surface area contributed by atoms with E-state index in [0.717, 1.165) is 50.4 Å². The van der Waals surface area contributed by atoms with Crippen LogP contribution in [0.15, 0.2) is 171 Å². The first-order valence-corrected chi connectivity index (χ1v) is 15.0. The Bertz CT molecular complexity index is 2170. The summed E-state index contributed by atoms with van der Waals surface area (Å²) in [4.78, 5) is 5.06. The number of allylic oxidation sites excluding steroid dienone is 5. The van der Waals surface area contributed by atoms with Crippen molar-refractivity contribution in [2.75, 3.05) is 0 Å². The fourth-order valence-corrected chi connectivity index (χ4v) is 6.04. The van der Waals surface area contributed by atoms with Gasteiger partial charge in [0.25, 0.3) is 0 Å². The molecule has 0 fully saturated rings. The van der Waals surface area contributed by atoms with Crippen molar-refractivity contribution in [1.29, 1.82) is 0 Å².